The van der Waals surface area contributed by atoms with E-state index >= 15 is 0 Å². The number of methoxy groups -OCH3 is 1. The lowest BCUT2D eigenvalue weighted by Gasteiger charge is -2.33. The molecule has 0 aliphatic carbocycles. The van der Waals surface area contributed by atoms with Crippen LogP contribution in [-0.2, 0) is 14.3 Å². The molecule has 1 fully saturated rings. The standard InChI is InChI=1S/C22H20N2O4S/c1-3-28-21(26)18-19(14-8-5-4-6-9-14)23-22-24(17(25)13-29-22)20(18)15-10-7-11-16(12-15)27-2/h4-12,20H,3,13H2,1-2H3/t20-/m1/s1. The molecule has 0 unspecified atom stereocenters. The van der Waals surface area contributed by atoms with E-state index in [1.807, 2.05) is 54.6 Å². The second-order valence-corrected chi connectivity index (χ2v) is 7.42. The summed E-state index contributed by atoms with van der Waals surface area (Å²) in [5.41, 5.74) is 2.45. The van der Waals surface area contributed by atoms with Crippen molar-refractivity contribution in [2.45, 2.75) is 13.0 Å². The minimum atomic E-state index is -0.630. The number of hydrogen-bond acceptors (Lipinski definition) is 6. The Morgan fingerprint density at radius 1 is 1.21 bits per heavy atom. The Morgan fingerprint density at radius 2 is 2.00 bits per heavy atom. The summed E-state index contributed by atoms with van der Waals surface area (Å²) < 4.78 is 10.8. The van der Waals surface area contributed by atoms with Crippen molar-refractivity contribution in [1.29, 1.82) is 0 Å². The van der Waals surface area contributed by atoms with Gasteiger partial charge in [0.1, 0.15) is 5.75 Å². The number of ether oxygens (including phenoxy) is 2. The SMILES string of the molecule is CCOC(=O)C1=C(c2ccccc2)N=C2SCC(=O)N2[C@@H]1c1cccc(OC)c1. The van der Waals surface area contributed by atoms with Gasteiger partial charge in [-0.05, 0) is 24.6 Å². The molecule has 0 spiro atoms. The fourth-order valence-electron chi connectivity index (χ4n) is 3.49. The van der Waals surface area contributed by atoms with Gasteiger partial charge in [0.15, 0.2) is 5.17 Å². The van der Waals surface area contributed by atoms with E-state index in [0.29, 0.717) is 22.2 Å². The summed E-state index contributed by atoms with van der Waals surface area (Å²) in [6.07, 6.45) is 0. The number of fused-ring (bicyclic) bond motifs is 1. The van der Waals surface area contributed by atoms with Crippen molar-refractivity contribution in [2.24, 2.45) is 4.99 Å². The van der Waals surface area contributed by atoms with Gasteiger partial charge in [0, 0.05) is 5.56 Å². The summed E-state index contributed by atoms with van der Waals surface area (Å²) in [7, 11) is 1.58. The highest BCUT2D eigenvalue weighted by Gasteiger charge is 2.44. The number of rotatable bonds is 5. The predicted octanol–water partition coefficient (Wildman–Crippen LogP) is 3.66. The van der Waals surface area contributed by atoms with E-state index in [1.165, 1.54) is 11.8 Å². The van der Waals surface area contributed by atoms with Crippen molar-refractivity contribution in [3.05, 3.63) is 71.3 Å². The number of nitrogens with zero attached hydrogens (tertiary/aromatic N) is 2. The third kappa shape index (κ3) is 3.53. The number of carbonyl (C=O) groups excluding carboxylic acids is 2. The number of benzene rings is 2. The van der Waals surface area contributed by atoms with Crippen LogP contribution < -0.4 is 4.74 Å². The zero-order chi connectivity index (χ0) is 20.4. The minimum absolute atomic E-state index is 0.0875. The molecule has 148 valence electrons. The molecule has 0 bridgehead atoms. The van der Waals surface area contributed by atoms with Crippen molar-refractivity contribution < 1.29 is 19.1 Å². The minimum Gasteiger partial charge on any atom is -0.497 e. The monoisotopic (exact) mass is 408 g/mol. The number of amides is 1. The van der Waals surface area contributed by atoms with E-state index < -0.39 is 12.0 Å². The zero-order valence-electron chi connectivity index (χ0n) is 16.1. The van der Waals surface area contributed by atoms with E-state index in [9.17, 15) is 9.59 Å². The number of thioether (sulfide) groups is 1. The molecule has 29 heavy (non-hydrogen) atoms. The molecule has 7 heteroatoms. The van der Waals surface area contributed by atoms with Crippen LogP contribution in [-0.4, -0.2) is 41.4 Å². The largest absolute Gasteiger partial charge is 0.497 e. The highest BCUT2D eigenvalue weighted by molar-refractivity contribution is 8.15. The maximum Gasteiger partial charge on any atom is 0.338 e. The first-order valence-corrected chi connectivity index (χ1v) is 10.3. The molecular formula is C22H20N2O4S. The maximum absolute atomic E-state index is 13.1. The van der Waals surface area contributed by atoms with Crippen LogP contribution in [0.25, 0.3) is 5.70 Å². The molecule has 0 radical (unpaired) electrons. The van der Waals surface area contributed by atoms with Crippen LogP contribution in [0.4, 0.5) is 0 Å². The van der Waals surface area contributed by atoms with Gasteiger partial charge in [-0.3, -0.25) is 9.69 Å². The Balaban J connectivity index is 1.97. The summed E-state index contributed by atoms with van der Waals surface area (Å²) in [4.78, 5) is 32.1. The highest BCUT2D eigenvalue weighted by atomic mass is 32.2. The van der Waals surface area contributed by atoms with Crippen LogP contribution >= 0.6 is 11.8 Å². The van der Waals surface area contributed by atoms with Crippen LogP contribution in [0.3, 0.4) is 0 Å². The average Bonchev–Trinajstić information content (AvgIpc) is 3.13. The van der Waals surface area contributed by atoms with E-state index in [0.717, 1.165) is 11.1 Å². The van der Waals surface area contributed by atoms with Gasteiger partial charge in [-0.2, -0.15) is 0 Å². The van der Waals surface area contributed by atoms with Gasteiger partial charge in [0.05, 0.1) is 36.8 Å². The Labute approximate surface area is 173 Å². The van der Waals surface area contributed by atoms with E-state index in [2.05, 4.69) is 0 Å². The lowest BCUT2D eigenvalue weighted by Crippen LogP contribution is -2.39. The molecule has 1 atom stereocenters. The molecule has 2 aromatic carbocycles. The smallest absolute Gasteiger partial charge is 0.338 e. The first kappa shape index (κ1) is 19.3. The van der Waals surface area contributed by atoms with Crippen molar-refractivity contribution in [2.75, 3.05) is 19.5 Å². The molecule has 6 nitrogen and oxygen atoms in total. The van der Waals surface area contributed by atoms with Crippen molar-refractivity contribution in [3.8, 4) is 5.75 Å². The summed E-state index contributed by atoms with van der Waals surface area (Å²) in [6.45, 7) is 1.99. The van der Waals surface area contributed by atoms with Crippen LogP contribution in [0.1, 0.15) is 24.1 Å². The topological polar surface area (TPSA) is 68.2 Å². The summed E-state index contributed by atoms with van der Waals surface area (Å²) in [5.74, 6) is 0.370. The lowest BCUT2D eigenvalue weighted by atomic mass is 9.92. The van der Waals surface area contributed by atoms with Gasteiger partial charge in [0.25, 0.3) is 0 Å². The summed E-state index contributed by atoms with van der Waals surface area (Å²) in [6, 6.07) is 16.3. The first-order chi connectivity index (χ1) is 14.1. The van der Waals surface area contributed by atoms with Gasteiger partial charge in [-0.25, -0.2) is 9.79 Å². The van der Waals surface area contributed by atoms with Crippen molar-refractivity contribution in [1.82, 2.24) is 4.90 Å². The number of carbonyl (C=O) groups is 2. The quantitative estimate of drug-likeness (QED) is 0.707. The molecule has 4 rings (SSSR count). The fourth-order valence-corrected chi connectivity index (χ4v) is 4.38. The number of amidine groups is 1. The molecule has 0 aromatic heterocycles. The highest BCUT2D eigenvalue weighted by Crippen LogP contribution is 2.44. The van der Waals surface area contributed by atoms with Crippen LogP contribution in [0.5, 0.6) is 5.75 Å². The van der Waals surface area contributed by atoms with E-state index in [4.69, 9.17) is 14.5 Å². The van der Waals surface area contributed by atoms with E-state index in [-0.39, 0.29) is 18.3 Å². The Morgan fingerprint density at radius 3 is 2.72 bits per heavy atom. The molecular weight excluding hydrogens is 388 g/mol. The second-order valence-electron chi connectivity index (χ2n) is 6.47. The fraction of sp³-hybridized carbons (Fsp3) is 0.227. The van der Waals surface area contributed by atoms with Gasteiger partial charge in [-0.1, -0.05) is 54.2 Å². The molecule has 0 N–H and O–H groups in total. The maximum atomic E-state index is 13.1. The lowest BCUT2D eigenvalue weighted by molar-refractivity contribution is -0.139. The second kappa shape index (κ2) is 8.13. The van der Waals surface area contributed by atoms with Crippen LogP contribution in [0, 0.1) is 0 Å². The summed E-state index contributed by atoms with van der Waals surface area (Å²) in [5, 5.41) is 0.592. The molecule has 2 aliphatic rings. The van der Waals surface area contributed by atoms with Crippen molar-refractivity contribution >= 4 is 34.5 Å². The average molecular weight is 408 g/mol. The normalized spacial score (nSPS) is 18.4. The Kier molecular flexibility index (Phi) is 5.40. The number of aliphatic imine (C=N–C) groups is 1. The van der Waals surface area contributed by atoms with Crippen molar-refractivity contribution in [3.63, 3.8) is 0 Å². The molecule has 0 saturated carbocycles. The van der Waals surface area contributed by atoms with Gasteiger partial charge >= 0.3 is 5.97 Å². The van der Waals surface area contributed by atoms with Gasteiger partial charge in [-0.15, -0.1) is 0 Å². The molecule has 2 aliphatic heterocycles. The molecule has 2 heterocycles. The van der Waals surface area contributed by atoms with Crippen LogP contribution in [0.15, 0.2) is 65.2 Å². The first-order valence-electron chi connectivity index (χ1n) is 9.28. The Bertz CT molecular complexity index is 1020. The van der Waals surface area contributed by atoms with E-state index in [1.54, 1.807) is 18.9 Å². The zero-order valence-corrected chi connectivity index (χ0v) is 16.9. The van der Waals surface area contributed by atoms with Gasteiger partial charge in [0.2, 0.25) is 5.91 Å². The Hall–Kier alpha value is -3.06. The number of hydrogen-bond donors (Lipinski definition) is 0. The number of esters is 1. The molecule has 1 saturated heterocycles. The third-order valence-corrected chi connectivity index (χ3v) is 5.68. The van der Waals surface area contributed by atoms with Gasteiger partial charge < -0.3 is 9.47 Å². The predicted molar refractivity (Wildman–Crippen MR) is 112 cm³/mol. The van der Waals surface area contributed by atoms with Crippen LogP contribution in [0.2, 0.25) is 0 Å². The molecule has 2 aromatic rings. The third-order valence-electron chi connectivity index (χ3n) is 4.75. The molecule has 1 amide bonds. The summed E-state index contributed by atoms with van der Waals surface area (Å²) >= 11 is 1.38.